The monoisotopic (exact) mass is 292 g/mol. The molecule has 7 heteroatoms. The molecule has 112 valence electrons. The smallest absolute Gasteiger partial charge is 0.337 e. The lowest BCUT2D eigenvalue weighted by atomic mass is 10.1. The first-order valence-corrected chi connectivity index (χ1v) is 6.02. The highest BCUT2D eigenvalue weighted by molar-refractivity contribution is 5.90. The van der Waals surface area contributed by atoms with Gasteiger partial charge in [0.1, 0.15) is 12.4 Å². The molecule has 0 bridgehead atoms. The fourth-order valence-corrected chi connectivity index (χ4v) is 1.29. The van der Waals surface area contributed by atoms with E-state index in [-0.39, 0.29) is 6.61 Å². The number of carboxylic acid groups (broad SMARTS) is 1. The number of hydrogen-bond donors (Lipinski definition) is 4. The van der Waals surface area contributed by atoms with Crippen LogP contribution in [0.25, 0.3) is 0 Å². The number of amides is 2. The Kier molecular flexibility index (Phi) is 5.57. The van der Waals surface area contributed by atoms with Gasteiger partial charge in [0.25, 0.3) is 0 Å². The van der Waals surface area contributed by atoms with Gasteiger partial charge in [-0.1, -0.05) is 12.0 Å². The number of rotatable bonds is 6. The predicted molar refractivity (Wildman–Crippen MR) is 76.1 cm³/mol. The Labute approximate surface area is 121 Å². The van der Waals surface area contributed by atoms with E-state index in [1.807, 2.05) is 0 Å². The SMILES string of the molecule is C#CCOc1cccc(NC(=O)NCC(C)(O)C(=O)O)c1. The van der Waals surface area contributed by atoms with E-state index >= 15 is 0 Å². The zero-order chi connectivity index (χ0) is 15.9. The Morgan fingerprint density at radius 1 is 1.48 bits per heavy atom. The number of aliphatic carboxylic acids is 1. The second-order valence-electron chi connectivity index (χ2n) is 4.41. The van der Waals surface area contributed by atoms with Crippen molar-refractivity contribution in [1.29, 1.82) is 0 Å². The van der Waals surface area contributed by atoms with Gasteiger partial charge in [-0.05, 0) is 19.1 Å². The molecule has 1 rings (SSSR count). The van der Waals surface area contributed by atoms with Crippen molar-refractivity contribution < 1.29 is 24.5 Å². The fraction of sp³-hybridized carbons (Fsp3) is 0.286. The lowest BCUT2D eigenvalue weighted by Gasteiger charge is -2.18. The van der Waals surface area contributed by atoms with Crippen molar-refractivity contribution in [2.45, 2.75) is 12.5 Å². The third-order valence-electron chi connectivity index (χ3n) is 2.47. The van der Waals surface area contributed by atoms with E-state index in [4.69, 9.17) is 16.3 Å². The molecule has 1 atom stereocenters. The molecule has 0 radical (unpaired) electrons. The van der Waals surface area contributed by atoms with Crippen LogP contribution < -0.4 is 15.4 Å². The number of carbonyl (C=O) groups excluding carboxylic acids is 1. The van der Waals surface area contributed by atoms with Crippen molar-refractivity contribution in [3.63, 3.8) is 0 Å². The van der Waals surface area contributed by atoms with Gasteiger partial charge in [-0.25, -0.2) is 9.59 Å². The van der Waals surface area contributed by atoms with Crippen LogP contribution in [0.2, 0.25) is 0 Å². The average molecular weight is 292 g/mol. The molecule has 0 aliphatic rings. The number of anilines is 1. The van der Waals surface area contributed by atoms with Gasteiger partial charge in [0.2, 0.25) is 0 Å². The highest BCUT2D eigenvalue weighted by atomic mass is 16.5. The maximum atomic E-state index is 11.6. The molecule has 21 heavy (non-hydrogen) atoms. The lowest BCUT2D eigenvalue weighted by Crippen LogP contribution is -2.47. The third-order valence-corrected chi connectivity index (χ3v) is 2.47. The summed E-state index contributed by atoms with van der Waals surface area (Å²) in [5.41, 5.74) is -1.59. The van der Waals surface area contributed by atoms with E-state index in [2.05, 4.69) is 16.6 Å². The number of urea groups is 1. The van der Waals surface area contributed by atoms with Crippen LogP contribution in [0.15, 0.2) is 24.3 Å². The van der Waals surface area contributed by atoms with Crippen LogP contribution >= 0.6 is 0 Å². The third kappa shape index (κ3) is 5.42. The number of benzene rings is 1. The molecule has 7 nitrogen and oxygen atoms in total. The highest BCUT2D eigenvalue weighted by Crippen LogP contribution is 2.17. The molecule has 0 spiro atoms. The minimum absolute atomic E-state index is 0.108. The van der Waals surface area contributed by atoms with E-state index in [0.717, 1.165) is 6.92 Å². The number of nitrogens with one attached hydrogen (secondary N) is 2. The quantitative estimate of drug-likeness (QED) is 0.576. The average Bonchev–Trinajstić information content (AvgIpc) is 2.43. The molecule has 0 aliphatic carbocycles. The Morgan fingerprint density at radius 3 is 2.81 bits per heavy atom. The van der Waals surface area contributed by atoms with Gasteiger partial charge in [0, 0.05) is 11.8 Å². The molecular formula is C14H16N2O5. The summed E-state index contributed by atoms with van der Waals surface area (Å²) in [6.07, 6.45) is 5.07. The molecule has 0 fully saturated rings. The van der Waals surface area contributed by atoms with E-state index in [0.29, 0.717) is 11.4 Å². The number of carbonyl (C=O) groups is 2. The zero-order valence-electron chi connectivity index (χ0n) is 11.4. The van der Waals surface area contributed by atoms with Crippen LogP contribution in [-0.4, -0.2) is 41.0 Å². The number of carboxylic acids is 1. The van der Waals surface area contributed by atoms with Gasteiger partial charge in [0.05, 0.1) is 6.54 Å². The second kappa shape index (κ2) is 7.17. The first kappa shape index (κ1) is 16.3. The zero-order valence-corrected chi connectivity index (χ0v) is 11.4. The number of terminal acetylenes is 1. The summed E-state index contributed by atoms with van der Waals surface area (Å²) in [5, 5.41) is 22.9. The van der Waals surface area contributed by atoms with E-state index in [1.54, 1.807) is 24.3 Å². The highest BCUT2D eigenvalue weighted by Gasteiger charge is 2.30. The summed E-state index contributed by atoms with van der Waals surface area (Å²) in [4.78, 5) is 22.3. The number of aliphatic hydroxyl groups is 1. The summed E-state index contributed by atoms with van der Waals surface area (Å²) in [6.45, 7) is 0.766. The van der Waals surface area contributed by atoms with Gasteiger partial charge in [-0.2, -0.15) is 0 Å². The van der Waals surface area contributed by atoms with Gasteiger partial charge in [-0.3, -0.25) is 0 Å². The van der Waals surface area contributed by atoms with E-state index in [9.17, 15) is 14.7 Å². The molecule has 2 amide bonds. The maximum Gasteiger partial charge on any atom is 0.337 e. The molecule has 1 unspecified atom stereocenters. The van der Waals surface area contributed by atoms with E-state index in [1.165, 1.54) is 0 Å². The summed E-state index contributed by atoms with van der Waals surface area (Å²) in [6, 6.07) is 5.87. The van der Waals surface area contributed by atoms with Crippen LogP contribution in [0.1, 0.15) is 6.92 Å². The van der Waals surface area contributed by atoms with Crippen molar-refractivity contribution in [2.75, 3.05) is 18.5 Å². The van der Waals surface area contributed by atoms with Gasteiger partial charge in [0.15, 0.2) is 5.60 Å². The van der Waals surface area contributed by atoms with Gasteiger partial charge in [-0.15, -0.1) is 6.42 Å². The summed E-state index contributed by atoms with van der Waals surface area (Å²) in [5.74, 6) is 1.38. The molecular weight excluding hydrogens is 276 g/mol. The first-order chi connectivity index (χ1) is 9.85. The second-order valence-corrected chi connectivity index (χ2v) is 4.41. The summed E-state index contributed by atoms with van der Waals surface area (Å²) >= 11 is 0. The standard InChI is InChI=1S/C14H16N2O5/c1-3-7-21-11-6-4-5-10(8-11)16-13(19)15-9-14(2,20)12(17)18/h1,4-6,8,20H,7,9H2,2H3,(H,17,18)(H2,15,16,19). The molecule has 0 saturated heterocycles. The number of hydrogen-bond acceptors (Lipinski definition) is 4. The van der Waals surface area contributed by atoms with Crippen LogP contribution in [0, 0.1) is 12.3 Å². The summed E-state index contributed by atoms with van der Waals surface area (Å²) < 4.78 is 5.20. The van der Waals surface area contributed by atoms with Crippen molar-refractivity contribution in [3.05, 3.63) is 24.3 Å². The first-order valence-electron chi connectivity index (χ1n) is 6.02. The number of ether oxygens (including phenoxy) is 1. The molecule has 0 aliphatic heterocycles. The van der Waals surface area contributed by atoms with Gasteiger partial charge >= 0.3 is 12.0 Å². The minimum Gasteiger partial charge on any atom is -0.481 e. The minimum atomic E-state index is -2.03. The Bertz CT molecular complexity index is 563. The Balaban J connectivity index is 2.55. The van der Waals surface area contributed by atoms with Crippen molar-refractivity contribution in [3.8, 4) is 18.1 Å². The fourth-order valence-electron chi connectivity index (χ4n) is 1.29. The van der Waals surface area contributed by atoms with Crippen LogP contribution in [0.3, 0.4) is 0 Å². The van der Waals surface area contributed by atoms with Crippen molar-refractivity contribution in [1.82, 2.24) is 5.32 Å². The van der Waals surface area contributed by atoms with Crippen LogP contribution in [-0.2, 0) is 4.79 Å². The maximum absolute atomic E-state index is 11.6. The molecule has 0 saturated carbocycles. The van der Waals surface area contributed by atoms with E-state index < -0.39 is 24.1 Å². The Morgan fingerprint density at radius 2 is 2.19 bits per heavy atom. The van der Waals surface area contributed by atoms with Gasteiger partial charge < -0.3 is 25.6 Å². The van der Waals surface area contributed by atoms with Crippen molar-refractivity contribution in [2.24, 2.45) is 0 Å². The van der Waals surface area contributed by atoms with Crippen LogP contribution in [0.4, 0.5) is 10.5 Å². The molecule has 0 heterocycles. The van der Waals surface area contributed by atoms with Crippen molar-refractivity contribution >= 4 is 17.7 Å². The molecule has 1 aromatic rings. The predicted octanol–water partition coefficient (Wildman–Crippen LogP) is 0.656. The normalized spacial score (nSPS) is 12.6. The van der Waals surface area contributed by atoms with Crippen LogP contribution in [0.5, 0.6) is 5.75 Å². The molecule has 0 aromatic heterocycles. The lowest BCUT2D eigenvalue weighted by molar-refractivity contribution is -0.155. The molecule has 1 aromatic carbocycles. The largest absolute Gasteiger partial charge is 0.481 e. The topological polar surface area (TPSA) is 108 Å². The molecule has 4 N–H and O–H groups in total. The summed E-state index contributed by atoms with van der Waals surface area (Å²) in [7, 11) is 0. The Hall–Kier alpha value is -2.72.